The van der Waals surface area contributed by atoms with E-state index in [-0.39, 0.29) is 28.0 Å². The molecule has 1 aromatic heterocycles. The third-order valence-electron chi connectivity index (χ3n) is 7.20. The predicted molar refractivity (Wildman–Crippen MR) is 139 cm³/mol. The molecular formula is C27H30O15. The zero-order valence-electron chi connectivity index (χ0n) is 21.9. The number of aliphatic hydroxyl groups excluding tert-OH is 6. The van der Waals surface area contributed by atoms with Gasteiger partial charge in [-0.2, -0.15) is 0 Å². The fourth-order valence-electron chi connectivity index (χ4n) is 4.89. The maximum absolute atomic E-state index is 13.6. The van der Waals surface area contributed by atoms with Crippen molar-refractivity contribution < 1.29 is 69.3 Å². The van der Waals surface area contributed by atoms with Crippen LogP contribution in [-0.4, -0.2) is 114 Å². The van der Waals surface area contributed by atoms with Crippen molar-refractivity contribution in [3.8, 4) is 34.3 Å². The van der Waals surface area contributed by atoms with Crippen molar-refractivity contribution in [3.63, 3.8) is 0 Å². The van der Waals surface area contributed by atoms with E-state index in [2.05, 4.69) is 0 Å². The molecule has 2 aliphatic rings. The fraction of sp³-hybridized carbons (Fsp3) is 0.444. The first-order valence-electron chi connectivity index (χ1n) is 12.9. The second kappa shape index (κ2) is 11.6. The van der Waals surface area contributed by atoms with Crippen LogP contribution in [0.25, 0.3) is 22.3 Å². The molecule has 0 bridgehead atoms. The first-order chi connectivity index (χ1) is 19.9. The molecule has 9 N–H and O–H groups in total. The predicted octanol–water partition coefficient (Wildman–Crippen LogP) is -1.39. The van der Waals surface area contributed by atoms with Gasteiger partial charge in [0.15, 0.2) is 12.1 Å². The molecule has 2 fully saturated rings. The second-order valence-electron chi connectivity index (χ2n) is 10.1. The lowest BCUT2D eigenvalue weighted by atomic mass is 9.97. The first kappa shape index (κ1) is 30.0. The number of phenols is 3. The number of aromatic hydroxyl groups is 3. The van der Waals surface area contributed by atoms with Crippen LogP contribution < -0.4 is 10.2 Å². The largest absolute Gasteiger partial charge is 0.508 e. The normalized spacial score (nSPS) is 33.5. The summed E-state index contributed by atoms with van der Waals surface area (Å²) in [6.07, 6.45) is -16.2. The molecule has 15 heteroatoms. The third kappa shape index (κ3) is 5.37. The smallest absolute Gasteiger partial charge is 0.239 e. The van der Waals surface area contributed by atoms with Crippen molar-refractivity contribution >= 4 is 11.0 Å². The molecule has 10 atom stereocenters. The SMILES string of the molecule is C[C@H]1OC(O[C@H]2[C@H](O)[C@@H](CO)OC(Oc3c(-c4ccc(O)cc4)oc4cc(O)cc(O)c4c3=O)[C@@H]2O)[C@@H](O)[C@@H](O)[C@@H]1O. The van der Waals surface area contributed by atoms with Gasteiger partial charge in [0.05, 0.1) is 12.7 Å². The van der Waals surface area contributed by atoms with Gasteiger partial charge in [-0.25, -0.2) is 0 Å². The molecule has 0 amide bonds. The van der Waals surface area contributed by atoms with Gasteiger partial charge in [0.1, 0.15) is 70.9 Å². The minimum atomic E-state index is -1.92. The van der Waals surface area contributed by atoms with Gasteiger partial charge in [0.2, 0.25) is 17.5 Å². The first-order valence-corrected chi connectivity index (χ1v) is 12.9. The Kier molecular flexibility index (Phi) is 8.30. The van der Waals surface area contributed by atoms with E-state index in [1.165, 1.54) is 31.2 Å². The summed E-state index contributed by atoms with van der Waals surface area (Å²) in [6, 6.07) is 7.32. The Hall–Kier alpha value is -3.51. The van der Waals surface area contributed by atoms with E-state index in [0.717, 1.165) is 12.1 Å². The van der Waals surface area contributed by atoms with Crippen molar-refractivity contribution in [3.05, 3.63) is 46.6 Å². The van der Waals surface area contributed by atoms with E-state index in [4.69, 9.17) is 23.4 Å². The average molecular weight is 595 g/mol. The van der Waals surface area contributed by atoms with Gasteiger partial charge in [-0.05, 0) is 31.2 Å². The molecule has 3 aromatic rings. The van der Waals surface area contributed by atoms with E-state index in [0.29, 0.717) is 0 Å². The number of hydrogen-bond donors (Lipinski definition) is 9. The summed E-state index contributed by atoms with van der Waals surface area (Å²) < 4.78 is 28.1. The van der Waals surface area contributed by atoms with Crippen LogP contribution in [0.5, 0.6) is 23.0 Å². The summed E-state index contributed by atoms with van der Waals surface area (Å²) in [5.74, 6) is -2.00. The summed E-state index contributed by atoms with van der Waals surface area (Å²) >= 11 is 0. The number of ether oxygens (including phenoxy) is 4. The Labute approximate surface area is 236 Å². The number of rotatable bonds is 6. The Morgan fingerprint density at radius 1 is 0.810 bits per heavy atom. The molecular weight excluding hydrogens is 564 g/mol. The Bertz CT molecular complexity index is 1470. The highest BCUT2D eigenvalue weighted by atomic mass is 16.7. The Morgan fingerprint density at radius 3 is 2.17 bits per heavy atom. The molecule has 3 heterocycles. The van der Waals surface area contributed by atoms with Crippen LogP contribution in [0.4, 0.5) is 0 Å². The zero-order valence-corrected chi connectivity index (χ0v) is 21.9. The Morgan fingerprint density at radius 2 is 1.50 bits per heavy atom. The molecule has 0 radical (unpaired) electrons. The summed E-state index contributed by atoms with van der Waals surface area (Å²) in [4.78, 5) is 13.6. The third-order valence-corrected chi connectivity index (χ3v) is 7.20. The maximum Gasteiger partial charge on any atom is 0.239 e. The molecule has 2 saturated heterocycles. The topological polar surface area (TPSA) is 249 Å². The summed E-state index contributed by atoms with van der Waals surface area (Å²) in [5.41, 5.74) is -0.975. The minimum Gasteiger partial charge on any atom is -0.508 e. The summed E-state index contributed by atoms with van der Waals surface area (Å²) in [6.45, 7) is 0.588. The van der Waals surface area contributed by atoms with Crippen LogP contribution in [-0.2, 0) is 14.2 Å². The number of hydrogen-bond acceptors (Lipinski definition) is 15. The number of aliphatic hydroxyl groups is 6. The van der Waals surface area contributed by atoms with E-state index in [1.807, 2.05) is 0 Å². The van der Waals surface area contributed by atoms with Gasteiger partial charge in [-0.1, -0.05) is 0 Å². The van der Waals surface area contributed by atoms with Gasteiger partial charge in [0.25, 0.3) is 0 Å². The van der Waals surface area contributed by atoms with Crippen LogP contribution in [0.15, 0.2) is 45.6 Å². The minimum absolute atomic E-state index is 0.107. The second-order valence-corrected chi connectivity index (χ2v) is 10.1. The van der Waals surface area contributed by atoms with Crippen molar-refractivity contribution in [1.82, 2.24) is 0 Å². The molecule has 0 saturated carbocycles. The van der Waals surface area contributed by atoms with Crippen molar-refractivity contribution in [2.75, 3.05) is 6.61 Å². The van der Waals surface area contributed by atoms with Crippen LogP contribution in [0.3, 0.4) is 0 Å². The van der Waals surface area contributed by atoms with E-state index >= 15 is 0 Å². The summed E-state index contributed by atoms with van der Waals surface area (Å²) in [7, 11) is 0. The number of fused-ring (bicyclic) bond motifs is 1. The van der Waals surface area contributed by atoms with Gasteiger partial charge >= 0.3 is 0 Å². The maximum atomic E-state index is 13.6. The highest BCUT2D eigenvalue weighted by molar-refractivity contribution is 5.88. The number of phenolic OH excluding ortho intramolecular Hbond substituents is 3. The van der Waals surface area contributed by atoms with Crippen molar-refractivity contribution in [1.29, 1.82) is 0 Å². The molecule has 2 unspecified atom stereocenters. The standard InChI is InChI=1S/C27H30O15/c1-9-17(32)20(35)21(36)26(38-9)41-24-18(33)15(8-28)40-27(22(24)37)42-25-19(34)16-13(31)6-12(30)7-14(16)39-23(25)10-2-4-11(29)5-3-10/h2-7,9,15,17-18,20-22,24,26-33,35-37H,8H2,1H3/t9-,15-,17-,18-,20+,21+,22-,24+,26?,27?/m1/s1. The summed E-state index contributed by atoms with van der Waals surface area (Å²) in [5, 5.41) is 91.9. The molecule has 2 aliphatic heterocycles. The fourth-order valence-corrected chi connectivity index (χ4v) is 4.89. The molecule has 2 aromatic carbocycles. The van der Waals surface area contributed by atoms with Crippen LogP contribution in [0.2, 0.25) is 0 Å². The molecule has 15 nitrogen and oxygen atoms in total. The quantitative estimate of drug-likeness (QED) is 0.159. The van der Waals surface area contributed by atoms with Gasteiger partial charge in [-0.3, -0.25) is 4.79 Å². The molecule has 42 heavy (non-hydrogen) atoms. The monoisotopic (exact) mass is 594 g/mol. The van der Waals surface area contributed by atoms with Gasteiger partial charge in [-0.15, -0.1) is 0 Å². The lowest BCUT2D eigenvalue weighted by molar-refractivity contribution is -0.349. The van der Waals surface area contributed by atoms with Crippen molar-refractivity contribution in [2.45, 2.75) is 68.3 Å². The van der Waals surface area contributed by atoms with Gasteiger partial charge in [0, 0.05) is 17.7 Å². The Balaban J connectivity index is 1.54. The van der Waals surface area contributed by atoms with Crippen LogP contribution in [0, 0.1) is 0 Å². The highest BCUT2D eigenvalue weighted by Gasteiger charge is 2.51. The molecule has 0 spiro atoms. The molecule has 5 rings (SSSR count). The van der Waals surface area contributed by atoms with E-state index in [9.17, 15) is 50.8 Å². The zero-order chi connectivity index (χ0) is 30.5. The van der Waals surface area contributed by atoms with Crippen molar-refractivity contribution in [2.24, 2.45) is 0 Å². The lowest BCUT2D eigenvalue weighted by Crippen LogP contribution is -2.64. The molecule has 0 aliphatic carbocycles. The lowest BCUT2D eigenvalue weighted by Gasteiger charge is -2.45. The van der Waals surface area contributed by atoms with Crippen LogP contribution >= 0.6 is 0 Å². The average Bonchev–Trinajstić information content (AvgIpc) is 2.95. The van der Waals surface area contributed by atoms with Crippen LogP contribution in [0.1, 0.15) is 6.92 Å². The molecule has 228 valence electrons. The van der Waals surface area contributed by atoms with E-state index in [1.54, 1.807) is 0 Å². The van der Waals surface area contributed by atoms with E-state index < -0.39 is 90.7 Å². The van der Waals surface area contributed by atoms with Gasteiger partial charge < -0.3 is 69.3 Å². The highest BCUT2D eigenvalue weighted by Crippen LogP contribution is 2.38. The number of benzene rings is 2.